The maximum Gasteiger partial charge on any atom is 0.414 e. The van der Waals surface area contributed by atoms with Crippen LogP contribution in [0.25, 0.3) is 11.3 Å². The largest absolute Gasteiger partial charge is 0.493 e. The molecule has 0 atom stereocenters. The molecule has 1 aliphatic rings. The summed E-state index contributed by atoms with van der Waals surface area (Å²) in [5, 5.41) is 9.78. The first-order valence-electron chi connectivity index (χ1n) is 9.31. The van der Waals surface area contributed by atoms with Crippen molar-refractivity contribution < 1.29 is 19.0 Å². The Bertz CT molecular complexity index is 997. The molecular weight excluding hydrogens is 408 g/mol. The molecule has 0 N–H and O–H groups in total. The van der Waals surface area contributed by atoms with Gasteiger partial charge in [0.25, 0.3) is 0 Å². The fourth-order valence-corrected chi connectivity index (χ4v) is 3.29. The zero-order chi connectivity index (χ0) is 21.7. The lowest BCUT2D eigenvalue weighted by Gasteiger charge is -2.32. The molecule has 1 amide bonds. The normalized spacial score (nSPS) is 14.0. The number of ether oxygens (including phenoxy) is 3. The predicted octanol–water partition coefficient (Wildman–Crippen LogP) is 4.19. The van der Waals surface area contributed by atoms with Crippen LogP contribution in [-0.4, -0.2) is 47.3 Å². The number of methoxy groups -OCH3 is 1. The zero-order valence-electron chi connectivity index (χ0n) is 16.7. The van der Waals surface area contributed by atoms with E-state index in [1.807, 2.05) is 0 Å². The van der Waals surface area contributed by atoms with Gasteiger partial charge in [0.15, 0.2) is 11.5 Å². The molecule has 0 spiro atoms. The van der Waals surface area contributed by atoms with Crippen LogP contribution in [0, 0.1) is 11.3 Å². The number of benzene rings is 1. The summed E-state index contributed by atoms with van der Waals surface area (Å²) in [6.45, 7) is 6.18. The molecule has 1 saturated heterocycles. The van der Waals surface area contributed by atoms with Crippen LogP contribution in [-0.2, 0) is 4.74 Å². The molecule has 156 valence electrons. The van der Waals surface area contributed by atoms with Gasteiger partial charge in [0.05, 0.1) is 24.1 Å². The van der Waals surface area contributed by atoms with Crippen molar-refractivity contribution in [1.82, 2.24) is 14.9 Å². The summed E-state index contributed by atoms with van der Waals surface area (Å²) in [5.41, 5.74) is 1.56. The third-order valence-corrected chi connectivity index (χ3v) is 4.75. The van der Waals surface area contributed by atoms with Gasteiger partial charge in [-0.3, -0.25) is 0 Å². The number of nitriles is 1. The van der Waals surface area contributed by atoms with Gasteiger partial charge < -0.3 is 19.1 Å². The smallest absolute Gasteiger partial charge is 0.414 e. The number of carbonyl (C=O) groups excluding carboxylic acids is 1. The van der Waals surface area contributed by atoms with Gasteiger partial charge in [0, 0.05) is 37.7 Å². The third-order valence-electron chi connectivity index (χ3n) is 4.56. The van der Waals surface area contributed by atoms with Crippen LogP contribution >= 0.6 is 11.6 Å². The van der Waals surface area contributed by atoms with E-state index in [0.29, 0.717) is 60.0 Å². The highest BCUT2D eigenvalue weighted by Gasteiger charge is 2.27. The molecular formula is C21H21ClN4O4. The van der Waals surface area contributed by atoms with Crippen LogP contribution in [0.5, 0.6) is 11.5 Å². The van der Waals surface area contributed by atoms with Crippen molar-refractivity contribution in [3.63, 3.8) is 0 Å². The molecule has 0 radical (unpaired) electrons. The van der Waals surface area contributed by atoms with Crippen molar-refractivity contribution in [3.05, 3.63) is 47.6 Å². The van der Waals surface area contributed by atoms with Crippen LogP contribution in [0.15, 0.2) is 36.7 Å². The molecule has 9 heteroatoms. The van der Waals surface area contributed by atoms with Crippen molar-refractivity contribution in [2.24, 2.45) is 0 Å². The molecule has 2 heterocycles. The van der Waals surface area contributed by atoms with Crippen LogP contribution in [0.3, 0.4) is 0 Å². The average Bonchev–Trinajstić information content (AvgIpc) is 2.73. The number of carbonyl (C=O) groups is 1. The summed E-state index contributed by atoms with van der Waals surface area (Å²) in [6, 6.07) is 7.27. The van der Waals surface area contributed by atoms with Crippen LogP contribution < -0.4 is 9.47 Å². The fraction of sp³-hybridized carbons (Fsp3) is 0.333. The van der Waals surface area contributed by atoms with Crippen molar-refractivity contribution in [2.75, 3.05) is 20.2 Å². The van der Waals surface area contributed by atoms with E-state index < -0.39 is 6.09 Å². The minimum absolute atomic E-state index is 0.113. The number of nitrogens with zero attached hydrogens (tertiary/aromatic N) is 4. The van der Waals surface area contributed by atoms with Crippen molar-refractivity contribution >= 4 is 17.7 Å². The lowest BCUT2D eigenvalue weighted by atomic mass is 10.0. The Labute approximate surface area is 179 Å². The van der Waals surface area contributed by atoms with E-state index >= 15 is 0 Å². The summed E-state index contributed by atoms with van der Waals surface area (Å²) in [7, 11) is 1.51. The van der Waals surface area contributed by atoms with Gasteiger partial charge in [-0.15, -0.1) is 0 Å². The monoisotopic (exact) mass is 428 g/mol. The maximum atomic E-state index is 12.0. The Morgan fingerprint density at radius 2 is 2.10 bits per heavy atom. The van der Waals surface area contributed by atoms with E-state index in [1.165, 1.54) is 7.11 Å². The Kier molecular flexibility index (Phi) is 6.75. The summed E-state index contributed by atoms with van der Waals surface area (Å²) >= 11 is 5.88. The first-order chi connectivity index (χ1) is 14.4. The predicted molar refractivity (Wildman–Crippen MR) is 110 cm³/mol. The minimum atomic E-state index is -0.413. The van der Waals surface area contributed by atoms with E-state index in [2.05, 4.69) is 22.6 Å². The Morgan fingerprint density at radius 1 is 1.37 bits per heavy atom. The molecule has 1 aromatic carbocycles. The number of allylic oxidation sites excluding steroid dienone is 1. The van der Waals surface area contributed by atoms with Gasteiger partial charge in [-0.2, -0.15) is 5.26 Å². The number of aromatic nitrogens is 2. The standard InChI is InChI=1S/C21H21ClN4O4/c1-13(2)29-21(27)26-8-5-16(6-9-26)30-19-15(12-23)10-14(11-18(19)28-3)17-4-7-24-20(22)25-17/h4,7,10-11,16H,1,5-6,8-9H2,2-3H3. The van der Waals surface area contributed by atoms with E-state index in [4.69, 9.17) is 25.8 Å². The Balaban J connectivity index is 1.77. The third kappa shape index (κ3) is 4.99. The number of amides is 1. The molecule has 0 unspecified atom stereocenters. The van der Waals surface area contributed by atoms with Crippen LogP contribution in [0.4, 0.5) is 4.79 Å². The molecule has 1 aliphatic heterocycles. The lowest BCUT2D eigenvalue weighted by molar-refractivity contribution is 0.0805. The van der Waals surface area contributed by atoms with Gasteiger partial charge in [0.2, 0.25) is 5.28 Å². The second kappa shape index (κ2) is 9.46. The number of rotatable bonds is 5. The number of piperidine rings is 1. The van der Waals surface area contributed by atoms with E-state index in [9.17, 15) is 10.1 Å². The highest BCUT2D eigenvalue weighted by molar-refractivity contribution is 6.28. The van der Waals surface area contributed by atoms with Crippen molar-refractivity contribution in [2.45, 2.75) is 25.9 Å². The molecule has 0 bridgehead atoms. The number of hydrogen-bond acceptors (Lipinski definition) is 7. The van der Waals surface area contributed by atoms with Gasteiger partial charge in [-0.1, -0.05) is 6.58 Å². The highest BCUT2D eigenvalue weighted by Crippen LogP contribution is 2.37. The molecule has 2 aromatic rings. The summed E-state index contributed by atoms with van der Waals surface area (Å²) in [5.74, 6) is 1.14. The minimum Gasteiger partial charge on any atom is -0.493 e. The number of hydrogen-bond donors (Lipinski definition) is 0. The van der Waals surface area contributed by atoms with Crippen LogP contribution in [0.1, 0.15) is 25.3 Å². The molecule has 1 aromatic heterocycles. The molecule has 30 heavy (non-hydrogen) atoms. The lowest BCUT2D eigenvalue weighted by Crippen LogP contribution is -2.41. The second-order valence-electron chi connectivity index (χ2n) is 6.75. The van der Waals surface area contributed by atoms with Gasteiger partial charge in [-0.05, 0) is 36.7 Å². The Hall–Kier alpha value is -3.31. The van der Waals surface area contributed by atoms with Crippen molar-refractivity contribution in [3.8, 4) is 28.8 Å². The quantitative estimate of drug-likeness (QED) is 0.520. The SMILES string of the molecule is C=C(C)OC(=O)N1CCC(Oc2c(C#N)cc(-c3ccnc(Cl)n3)cc2OC)CC1. The number of likely N-dealkylation sites (tertiary alicyclic amines) is 1. The van der Waals surface area contributed by atoms with Gasteiger partial charge in [-0.25, -0.2) is 14.8 Å². The second-order valence-corrected chi connectivity index (χ2v) is 7.09. The van der Waals surface area contributed by atoms with E-state index in [1.54, 1.807) is 36.2 Å². The highest BCUT2D eigenvalue weighted by atomic mass is 35.5. The summed E-state index contributed by atoms with van der Waals surface area (Å²) in [6.07, 6.45) is 2.16. The Morgan fingerprint density at radius 3 is 2.70 bits per heavy atom. The zero-order valence-corrected chi connectivity index (χ0v) is 17.5. The molecule has 1 fully saturated rings. The summed E-state index contributed by atoms with van der Waals surface area (Å²) < 4.78 is 16.6. The van der Waals surface area contributed by atoms with E-state index in [-0.39, 0.29) is 11.4 Å². The van der Waals surface area contributed by atoms with Gasteiger partial charge >= 0.3 is 6.09 Å². The van der Waals surface area contributed by atoms with E-state index in [0.717, 1.165) is 0 Å². The van der Waals surface area contributed by atoms with Crippen molar-refractivity contribution in [1.29, 1.82) is 5.26 Å². The first-order valence-corrected chi connectivity index (χ1v) is 9.69. The van der Waals surface area contributed by atoms with Crippen LogP contribution in [0.2, 0.25) is 5.28 Å². The first kappa shape index (κ1) is 21.4. The number of halogens is 1. The van der Waals surface area contributed by atoms with Gasteiger partial charge in [0.1, 0.15) is 12.2 Å². The maximum absolute atomic E-state index is 12.0. The summed E-state index contributed by atoms with van der Waals surface area (Å²) in [4.78, 5) is 21.6. The average molecular weight is 429 g/mol. The topological polar surface area (TPSA) is 97.6 Å². The molecule has 8 nitrogen and oxygen atoms in total. The molecule has 3 rings (SSSR count). The fourth-order valence-electron chi connectivity index (χ4n) is 3.14. The molecule has 0 aliphatic carbocycles. The molecule has 0 saturated carbocycles.